The van der Waals surface area contributed by atoms with Crippen molar-refractivity contribution in [3.8, 4) is 11.1 Å². The summed E-state index contributed by atoms with van der Waals surface area (Å²) in [6.45, 7) is 5.56. The van der Waals surface area contributed by atoms with Crippen molar-refractivity contribution >= 4 is 40.9 Å². The number of nitrogens with one attached hydrogen (secondary N) is 3. The van der Waals surface area contributed by atoms with Crippen LogP contribution in [0.3, 0.4) is 0 Å². The summed E-state index contributed by atoms with van der Waals surface area (Å²) in [6, 6.07) is 18.4. The highest BCUT2D eigenvalue weighted by molar-refractivity contribution is 7.09. The monoisotopic (exact) mass is 702 g/mol. The number of primary amides is 1. The van der Waals surface area contributed by atoms with Crippen LogP contribution in [-0.4, -0.2) is 71.7 Å². The van der Waals surface area contributed by atoms with Gasteiger partial charge >= 0.3 is 0 Å². The van der Waals surface area contributed by atoms with Gasteiger partial charge in [-0.15, -0.1) is 11.3 Å². The van der Waals surface area contributed by atoms with E-state index in [2.05, 4.69) is 16.0 Å². The molecule has 0 aliphatic heterocycles. The molecule has 3 rings (SSSR count). The molecule has 1 heterocycles. The highest BCUT2D eigenvalue weighted by atomic mass is 32.1. The maximum Gasteiger partial charge on any atom is 0.245 e. The minimum absolute atomic E-state index is 0.150. The summed E-state index contributed by atoms with van der Waals surface area (Å²) in [4.78, 5) is 66.9. The Balaban J connectivity index is 1.85. The SMILES string of the molecule is CC(=O)NCCCC[C@H](NC(=O)[C@@H](Cc1cccs1)N(C)C(=O)[C@@H](Cc1ccc(-c2ccccc2)cc1)NC(=O)C=CCC(C)(C)N)C(N)=O. The summed E-state index contributed by atoms with van der Waals surface area (Å²) in [5.41, 5.74) is 14.1. The summed E-state index contributed by atoms with van der Waals surface area (Å²) in [6.07, 6.45) is 5.26. The molecule has 3 aromatic rings. The second-order valence-corrected chi connectivity index (χ2v) is 14.1. The third-order valence-corrected chi connectivity index (χ3v) is 8.97. The molecule has 1 aromatic heterocycles. The molecule has 0 aliphatic carbocycles. The van der Waals surface area contributed by atoms with Crippen molar-refractivity contribution < 1.29 is 24.0 Å². The van der Waals surface area contributed by atoms with Gasteiger partial charge in [0.15, 0.2) is 0 Å². The Kier molecular flexibility index (Phi) is 15.4. The number of benzene rings is 2. The molecule has 50 heavy (non-hydrogen) atoms. The third kappa shape index (κ3) is 13.6. The van der Waals surface area contributed by atoms with Crippen molar-refractivity contribution in [1.29, 1.82) is 0 Å². The average molecular weight is 703 g/mol. The van der Waals surface area contributed by atoms with Crippen LogP contribution in [0.25, 0.3) is 11.1 Å². The molecule has 5 amide bonds. The number of thiophene rings is 1. The fourth-order valence-electron chi connectivity index (χ4n) is 5.30. The van der Waals surface area contributed by atoms with E-state index in [1.165, 1.54) is 36.3 Å². The second kappa shape index (κ2) is 19.4. The van der Waals surface area contributed by atoms with Crippen LogP contribution in [0, 0.1) is 0 Å². The number of hydrogen-bond donors (Lipinski definition) is 5. The summed E-state index contributed by atoms with van der Waals surface area (Å²) in [5.74, 6) is -2.32. The summed E-state index contributed by atoms with van der Waals surface area (Å²) in [7, 11) is 1.53. The van der Waals surface area contributed by atoms with Crippen LogP contribution in [0.15, 0.2) is 84.3 Å². The van der Waals surface area contributed by atoms with Gasteiger partial charge in [-0.25, -0.2) is 0 Å². The number of nitrogens with zero attached hydrogens (tertiary/aromatic N) is 1. The lowest BCUT2D eigenvalue weighted by Crippen LogP contribution is -2.57. The number of hydrogen-bond acceptors (Lipinski definition) is 7. The van der Waals surface area contributed by atoms with Gasteiger partial charge in [-0.3, -0.25) is 24.0 Å². The fraction of sp³-hybridized carbons (Fsp3) is 0.395. The Labute approximate surface area is 298 Å². The first-order chi connectivity index (χ1) is 23.7. The van der Waals surface area contributed by atoms with Crippen LogP contribution < -0.4 is 27.4 Å². The maximum absolute atomic E-state index is 14.3. The van der Waals surface area contributed by atoms with E-state index in [0.717, 1.165) is 21.6 Å². The standard InChI is InChI=1S/C38H50N6O5S/c1-26(45)41-22-9-8-15-31(35(39)47)43-36(48)33(25-30-14-11-23-50-30)44(4)37(49)32(42-34(46)16-10-21-38(2,3)40)24-27-17-19-29(20-18-27)28-12-6-5-7-13-28/h5-7,10-14,16-20,23,31-33H,8-9,15,21-22,24-25,40H2,1-4H3,(H2,39,47)(H,41,45)(H,42,46)(H,43,48)/t31-,32+,33+/m0/s1. The van der Waals surface area contributed by atoms with Crippen LogP contribution in [-0.2, 0) is 36.8 Å². The largest absolute Gasteiger partial charge is 0.368 e. The molecular weight excluding hydrogens is 653 g/mol. The molecule has 0 saturated carbocycles. The number of unbranched alkanes of at least 4 members (excludes halogenated alkanes) is 1. The van der Waals surface area contributed by atoms with Crippen molar-refractivity contribution in [2.45, 2.75) is 83.0 Å². The lowest BCUT2D eigenvalue weighted by atomic mass is 9.99. The molecule has 7 N–H and O–H groups in total. The van der Waals surface area contributed by atoms with Gasteiger partial charge < -0.3 is 32.3 Å². The first-order valence-corrected chi connectivity index (χ1v) is 17.6. The van der Waals surface area contributed by atoms with E-state index in [4.69, 9.17) is 11.5 Å². The van der Waals surface area contributed by atoms with E-state index in [1.54, 1.807) is 6.08 Å². The van der Waals surface area contributed by atoms with Crippen molar-refractivity contribution in [2.24, 2.45) is 11.5 Å². The molecule has 0 radical (unpaired) electrons. The topological polar surface area (TPSA) is 177 Å². The summed E-state index contributed by atoms with van der Waals surface area (Å²) < 4.78 is 0. The van der Waals surface area contributed by atoms with Crippen molar-refractivity contribution in [2.75, 3.05) is 13.6 Å². The molecule has 268 valence electrons. The Hall–Kier alpha value is -4.81. The van der Waals surface area contributed by atoms with Crippen LogP contribution in [0.2, 0.25) is 0 Å². The first kappa shape index (κ1) is 39.6. The lowest BCUT2D eigenvalue weighted by molar-refractivity contribution is -0.142. The Morgan fingerprint density at radius 2 is 1.56 bits per heavy atom. The smallest absolute Gasteiger partial charge is 0.245 e. The van der Waals surface area contributed by atoms with E-state index in [-0.39, 0.29) is 25.2 Å². The maximum atomic E-state index is 14.3. The van der Waals surface area contributed by atoms with Gasteiger partial charge in [0.2, 0.25) is 29.5 Å². The normalized spacial score (nSPS) is 13.2. The van der Waals surface area contributed by atoms with Gasteiger partial charge in [0.1, 0.15) is 18.1 Å². The Morgan fingerprint density at radius 1 is 0.880 bits per heavy atom. The zero-order valence-corrected chi connectivity index (χ0v) is 30.1. The summed E-state index contributed by atoms with van der Waals surface area (Å²) in [5, 5.41) is 10.2. The van der Waals surface area contributed by atoms with Crippen LogP contribution in [0.1, 0.15) is 56.9 Å². The molecule has 0 aliphatic rings. The number of rotatable bonds is 19. The van der Waals surface area contributed by atoms with Crippen molar-refractivity contribution in [3.63, 3.8) is 0 Å². The lowest BCUT2D eigenvalue weighted by Gasteiger charge is -2.31. The van der Waals surface area contributed by atoms with Crippen molar-refractivity contribution in [3.05, 3.63) is 94.7 Å². The molecule has 0 bridgehead atoms. The Morgan fingerprint density at radius 3 is 2.16 bits per heavy atom. The zero-order valence-electron chi connectivity index (χ0n) is 29.3. The molecule has 11 nitrogen and oxygen atoms in total. The zero-order chi connectivity index (χ0) is 36.7. The predicted molar refractivity (Wildman–Crippen MR) is 198 cm³/mol. The fourth-order valence-corrected chi connectivity index (χ4v) is 6.05. The molecule has 0 fully saturated rings. The van der Waals surface area contributed by atoms with Gasteiger partial charge in [-0.1, -0.05) is 66.7 Å². The molecule has 3 atom stereocenters. The predicted octanol–water partition coefficient (Wildman–Crippen LogP) is 3.47. The quantitative estimate of drug-likeness (QED) is 0.0944. The minimum Gasteiger partial charge on any atom is -0.368 e. The second-order valence-electron chi connectivity index (χ2n) is 13.1. The number of amides is 5. The van der Waals surface area contributed by atoms with E-state index >= 15 is 0 Å². The van der Waals surface area contributed by atoms with E-state index in [9.17, 15) is 24.0 Å². The average Bonchev–Trinajstić information content (AvgIpc) is 3.59. The summed E-state index contributed by atoms with van der Waals surface area (Å²) >= 11 is 1.44. The van der Waals surface area contributed by atoms with Crippen LogP contribution in [0.5, 0.6) is 0 Å². The van der Waals surface area contributed by atoms with Gasteiger partial charge in [0.05, 0.1) is 0 Å². The molecule has 0 saturated heterocycles. The number of nitrogens with two attached hydrogens (primary N) is 2. The van der Waals surface area contributed by atoms with Gasteiger partial charge in [-0.05, 0) is 73.7 Å². The van der Waals surface area contributed by atoms with Crippen LogP contribution in [0.4, 0.5) is 0 Å². The molecule has 2 aromatic carbocycles. The van der Waals surface area contributed by atoms with Gasteiger partial charge in [0, 0.05) is 43.8 Å². The number of carbonyl (C=O) groups excluding carboxylic acids is 5. The highest BCUT2D eigenvalue weighted by Gasteiger charge is 2.34. The minimum atomic E-state index is -1.01. The van der Waals surface area contributed by atoms with Gasteiger partial charge in [0.25, 0.3) is 0 Å². The number of carbonyl (C=O) groups is 5. The van der Waals surface area contributed by atoms with E-state index in [1.807, 2.05) is 86.0 Å². The van der Waals surface area contributed by atoms with E-state index < -0.39 is 47.3 Å². The van der Waals surface area contributed by atoms with E-state index in [0.29, 0.717) is 25.8 Å². The first-order valence-electron chi connectivity index (χ1n) is 16.8. The highest BCUT2D eigenvalue weighted by Crippen LogP contribution is 2.21. The molecular formula is C38H50N6O5S. The molecule has 0 spiro atoms. The molecule has 0 unspecified atom stereocenters. The van der Waals surface area contributed by atoms with Crippen LogP contribution >= 0.6 is 11.3 Å². The van der Waals surface area contributed by atoms with Crippen molar-refractivity contribution in [1.82, 2.24) is 20.9 Å². The van der Waals surface area contributed by atoms with Gasteiger partial charge in [-0.2, -0.15) is 0 Å². The molecule has 12 heteroatoms. The third-order valence-electron chi connectivity index (χ3n) is 8.07. The number of likely N-dealkylation sites (N-methyl/N-ethyl adjacent to an activating group) is 1. The Bertz CT molecular complexity index is 1590.